The van der Waals surface area contributed by atoms with Gasteiger partial charge in [0.25, 0.3) is 0 Å². The van der Waals surface area contributed by atoms with Gasteiger partial charge in [0.1, 0.15) is 24.2 Å². The molecule has 0 aliphatic rings. The number of amides is 3. The Morgan fingerprint density at radius 3 is 2.10 bits per heavy atom. The monoisotopic (exact) mass is 858 g/mol. The minimum absolute atomic E-state index is 0.00808. The zero-order chi connectivity index (χ0) is 42.7. The maximum atomic E-state index is 14.6. The number of thioether (sulfide) groups is 1. The number of alkyl halides is 3. The first-order chi connectivity index (χ1) is 28.7. The maximum absolute atomic E-state index is 14.6. The fourth-order valence-corrected chi connectivity index (χ4v) is 9.77. The molecule has 1 heterocycles. The summed E-state index contributed by atoms with van der Waals surface area (Å²) in [6.45, 7) is -0.127. The van der Waals surface area contributed by atoms with Crippen LogP contribution in [0.4, 0.5) is 18.0 Å². The topological polar surface area (TPSA) is 173 Å². The number of aromatic nitrogens is 1. The molecular weight excluding hydrogens is 817 g/mol. The normalized spacial score (nSPS) is 14.0. The van der Waals surface area contributed by atoms with Gasteiger partial charge in [0.2, 0.25) is 19.2 Å². The van der Waals surface area contributed by atoms with E-state index < -0.39 is 61.3 Å². The Labute approximate surface area is 348 Å². The van der Waals surface area contributed by atoms with Crippen LogP contribution >= 0.6 is 19.1 Å². The number of nitrogens with two attached hydrogens (primary N) is 1. The fraction of sp³-hybridized carbons (Fsp3) is 0.205. The molecule has 0 spiro atoms. The Morgan fingerprint density at radius 2 is 1.43 bits per heavy atom. The highest BCUT2D eigenvalue weighted by molar-refractivity contribution is 7.99. The number of fused-ring (bicyclic) bond motifs is 1. The number of hydrogen-bond donors (Lipinski definition) is 5. The number of primary amides is 1. The number of alkyl carbamates (subject to hydrolysis) is 1. The smallest absolute Gasteiger partial charge is 0.445 e. The lowest BCUT2D eigenvalue weighted by Crippen LogP contribution is -2.49. The van der Waals surface area contributed by atoms with E-state index in [4.69, 9.17) is 10.5 Å². The Hall–Kier alpha value is -6.02. The van der Waals surface area contributed by atoms with Gasteiger partial charge in [-0.15, -0.1) is 24.9 Å². The van der Waals surface area contributed by atoms with Crippen molar-refractivity contribution in [2.24, 2.45) is 11.7 Å². The second-order valence-corrected chi connectivity index (χ2v) is 17.5. The third kappa shape index (κ3) is 12.3. The van der Waals surface area contributed by atoms with Crippen molar-refractivity contribution in [2.75, 3.05) is 11.9 Å². The van der Waals surface area contributed by atoms with Gasteiger partial charge in [0.15, 0.2) is 0 Å². The Morgan fingerprint density at radius 1 is 0.800 bits per heavy atom. The standard InChI is InChI=1S/C44H42F3N4O7PS/c45-44(46,47)58-38-24-32(31-16-8-3-9-17-31)20-21-39(38)60-28-34(42(53)50-37(41(48)52)23-33-25-49-36-19-11-10-18-35(33)36)27-59(55,56)40(22-29-12-4-1-5-13-29)51-43(54)57-26-30-14-6-2-7-15-30/h1-21,24-25,34,37,40,49H,22-23,26-28H2,(H2,48,52)(H,50,53)(H,51,54)(H,55,56)/t34?,37-,40+/m0/s1. The summed E-state index contributed by atoms with van der Waals surface area (Å²) in [5.41, 5.74) is 9.57. The molecule has 0 aliphatic carbocycles. The van der Waals surface area contributed by atoms with E-state index in [-0.39, 0.29) is 30.1 Å². The molecule has 6 aromatic rings. The van der Waals surface area contributed by atoms with Crippen LogP contribution in [0.25, 0.3) is 22.0 Å². The van der Waals surface area contributed by atoms with Crippen molar-refractivity contribution >= 4 is 47.9 Å². The summed E-state index contributed by atoms with van der Waals surface area (Å²) in [7, 11) is -4.62. The molecule has 3 amide bonds. The average Bonchev–Trinajstić information content (AvgIpc) is 3.64. The first-order valence-corrected chi connectivity index (χ1v) is 21.7. The van der Waals surface area contributed by atoms with E-state index in [9.17, 15) is 37.0 Å². The van der Waals surface area contributed by atoms with Gasteiger partial charge in [-0.05, 0) is 46.0 Å². The van der Waals surface area contributed by atoms with E-state index in [0.29, 0.717) is 27.8 Å². The van der Waals surface area contributed by atoms with Crippen molar-refractivity contribution in [2.45, 2.75) is 42.5 Å². The lowest BCUT2D eigenvalue weighted by molar-refractivity contribution is -0.275. The van der Waals surface area contributed by atoms with E-state index in [1.54, 1.807) is 103 Å². The SMILES string of the molecule is NC(=O)[C@H](Cc1c[nH]c2ccccc12)NC(=O)C(CSc1ccc(-c2ccccc2)cc1OC(F)(F)F)CP(=O)(O)[C@H](Cc1ccccc1)NC(=O)OCc1ccccc1. The van der Waals surface area contributed by atoms with Gasteiger partial charge >= 0.3 is 12.5 Å². The lowest BCUT2D eigenvalue weighted by atomic mass is 10.0. The number of carbonyl (C=O) groups is 3. The van der Waals surface area contributed by atoms with Gasteiger partial charge in [-0.2, -0.15) is 0 Å². The van der Waals surface area contributed by atoms with E-state index in [2.05, 4.69) is 20.4 Å². The molecular formula is C44H42F3N4O7PS. The molecule has 0 aliphatic heterocycles. The van der Waals surface area contributed by atoms with E-state index >= 15 is 0 Å². The van der Waals surface area contributed by atoms with Crippen molar-refractivity contribution in [1.29, 1.82) is 0 Å². The van der Waals surface area contributed by atoms with Crippen molar-refractivity contribution in [3.8, 4) is 16.9 Å². The van der Waals surface area contributed by atoms with Gasteiger partial charge in [0.05, 0.1) is 5.92 Å². The highest BCUT2D eigenvalue weighted by atomic mass is 32.2. The molecule has 6 rings (SSSR count). The number of rotatable bonds is 18. The molecule has 4 atom stereocenters. The van der Waals surface area contributed by atoms with Crippen molar-refractivity contribution in [3.63, 3.8) is 0 Å². The molecule has 6 N–H and O–H groups in total. The Kier molecular flexibility index (Phi) is 14.4. The predicted octanol–water partition coefficient (Wildman–Crippen LogP) is 8.42. The number of benzene rings is 5. The summed E-state index contributed by atoms with van der Waals surface area (Å²) in [4.78, 5) is 55.2. The summed E-state index contributed by atoms with van der Waals surface area (Å²) in [5.74, 6) is -5.50. The third-order valence-corrected chi connectivity index (χ3v) is 13.1. The average molecular weight is 859 g/mol. The molecule has 0 fully saturated rings. The number of H-pyrrole nitrogens is 1. The summed E-state index contributed by atoms with van der Waals surface area (Å²) in [5, 5.41) is 5.94. The zero-order valence-corrected chi connectivity index (χ0v) is 33.7. The number of para-hydroxylation sites is 1. The molecule has 312 valence electrons. The van der Waals surface area contributed by atoms with Crippen LogP contribution in [0, 0.1) is 5.92 Å². The molecule has 0 saturated carbocycles. The van der Waals surface area contributed by atoms with E-state index in [1.165, 1.54) is 12.1 Å². The molecule has 16 heteroatoms. The van der Waals surface area contributed by atoms with Crippen molar-refractivity contribution in [3.05, 3.63) is 156 Å². The van der Waals surface area contributed by atoms with Crippen LogP contribution in [-0.2, 0) is 38.3 Å². The summed E-state index contributed by atoms with van der Waals surface area (Å²) in [6, 6.07) is 36.3. The highest BCUT2D eigenvalue weighted by Gasteiger charge is 2.39. The van der Waals surface area contributed by atoms with Gasteiger partial charge in [-0.3, -0.25) is 14.2 Å². The highest BCUT2D eigenvalue weighted by Crippen LogP contribution is 2.49. The first-order valence-electron chi connectivity index (χ1n) is 18.8. The quantitative estimate of drug-likeness (QED) is 0.0423. The van der Waals surface area contributed by atoms with Crippen LogP contribution in [-0.4, -0.2) is 57.9 Å². The van der Waals surface area contributed by atoms with Gasteiger partial charge < -0.3 is 35.7 Å². The molecule has 11 nitrogen and oxygen atoms in total. The Balaban J connectivity index is 1.30. The molecule has 2 unspecified atom stereocenters. The Bertz CT molecular complexity index is 2440. The summed E-state index contributed by atoms with van der Waals surface area (Å²) in [6.07, 6.45) is -5.28. The lowest BCUT2D eigenvalue weighted by Gasteiger charge is -2.28. The largest absolute Gasteiger partial charge is 0.573 e. The second kappa shape index (κ2) is 19.8. The van der Waals surface area contributed by atoms with Crippen molar-refractivity contribution < 1.29 is 46.5 Å². The summed E-state index contributed by atoms with van der Waals surface area (Å²) >= 11 is 0.796. The van der Waals surface area contributed by atoms with Crippen molar-refractivity contribution in [1.82, 2.24) is 15.6 Å². The molecule has 0 radical (unpaired) electrons. The van der Waals surface area contributed by atoms with E-state index in [1.807, 2.05) is 24.3 Å². The van der Waals surface area contributed by atoms with Crippen LogP contribution in [0.1, 0.15) is 16.7 Å². The number of aromatic amines is 1. The number of carbonyl (C=O) groups excluding carboxylic acids is 3. The number of halogens is 3. The van der Waals surface area contributed by atoms with Crippen LogP contribution in [0.2, 0.25) is 0 Å². The van der Waals surface area contributed by atoms with E-state index in [0.717, 1.165) is 22.7 Å². The minimum Gasteiger partial charge on any atom is -0.445 e. The maximum Gasteiger partial charge on any atom is 0.573 e. The predicted molar refractivity (Wildman–Crippen MR) is 224 cm³/mol. The van der Waals surface area contributed by atoms with Gasteiger partial charge in [0, 0.05) is 46.8 Å². The first kappa shape index (κ1) is 43.6. The van der Waals surface area contributed by atoms with Crippen LogP contribution in [0.15, 0.2) is 145 Å². The minimum atomic E-state index is -5.06. The number of ether oxygens (including phenoxy) is 2. The molecule has 60 heavy (non-hydrogen) atoms. The molecule has 1 aromatic heterocycles. The van der Waals surface area contributed by atoms with Crippen LogP contribution in [0.3, 0.4) is 0 Å². The third-order valence-electron chi connectivity index (χ3n) is 9.58. The van der Waals surface area contributed by atoms with Crippen LogP contribution < -0.4 is 21.1 Å². The zero-order valence-electron chi connectivity index (χ0n) is 32.0. The molecule has 5 aromatic carbocycles. The second-order valence-electron chi connectivity index (χ2n) is 14.0. The van der Waals surface area contributed by atoms with Gasteiger partial charge in [-0.25, -0.2) is 4.79 Å². The summed E-state index contributed by atoms with van der Waals surface area (Å²) < 4.78 is 65.6. The molecule has 0 saturated heterocycles. The number of hydrogen-bond acceptors (Lipinski definition) is 7. The number of nitrogens with one attached hydrogen (secondary N) is 3. The fourth-order valence-electron chi connectivity index (χ4n) is 6.55. The molecule has 0 bridgehead atoms. The van der Waals surface area contributed by atoms with Crippen LogP contribution in [0.5, 0.6) is 5.75 Å². The van der Waals surface area contributed by atoms with Gasteiger partial charge in [-0.1, -0.05) is 115 Å².